The van der Waals surface area contributed by atoms with Gasteiger partial charge in [0.05, 0.1) is 19.1 Å². The SMILES string of the molecule is CNO/C=C/C(=N)/C(C)=C/OC. The van der Waals surface area contributed by atoms with E-state index < -0.39 is 0 Å². The second-order valence-corrected chi connectivity index (χ2v) is 2.07. The van der Waals surface area contributed by atoms with Crippen molar-refractivity contribution in [1.29, 1.82) is 5.41 Å². The highest BCUT2D eigenvalue weighted by molar-refractivity contribution is 6.05. The largest absolute Gasteiger partial charge is 0.504 e. The van der Waals surface area contributed by atoms with E-state index in [2.05, 4.69) is 5.48 Å². The zero-order valence-electron chi connectivity index (χ0n) is 7.55. The molecule has 0 spiro atoms. The average molecular weight is 170 g/mol. The minimum atomic E-state index is 0.354. The fraction of sp³-hybridized carbons (Fsp3) is 0.375. The fourth-order valence-electron chi connectivity index (χ4n) is 0.542. The molecule has 0 aromatic carbocycles. The van der Waals surface area contributed by atoms with Crippen LogP contribution in [0.3, 0.4) is 0 Å². The Labute approximate surface area is 72.3 Å². The van der Waals surface area contributed by atoms with Gasteiger partial charge in [-0.3, -0.25) is 0 Å². The number of ether oxygens (including phenoxy) is 1. The zero-order valence-corrected chi connectivity index (χ0v) is 7.55. The second-order valence-electron chi connectivity index (χ2n) is 2.07. The Bertz CT molecular complexity index is 197. The third kappa shape index (κ3) is 4.51. The number of hydrogen-bond acceptors (Lipinski definition) is 4. The fourth-order valence-corrected chi connectivity index (χ4v) is 0.542. The predicted molar refractivity (Wildman–Crippen MR) is 47.8 cm³/mol. The minimum absolute atomic E-state index is 0.354. The Morgan fingerprint density at radius 3 is 2.67 bits per heavy atom. The Kier molecular flexibility index (Phi) is 5.73. The molecule has 0 fully saturated rings. The molecule has 0 aliphatic rings. The smallest absolute Gasteiger partial charge is 0.113 e. The van der Waals surface area contributed by atoms with Gasteiger partial charge in [-0.1, -0.05) is 0 Å². The van der Waals surface area contributed by atoms with Gasteiger partial charge >= 0.3 is 0 Å². The van der Waals surface area contributed by atoms with Crippen molar-refractivity contribution in [2.24, 2.45) is 0 Å². The second kappa shape index (κ2) is 6.42. The van der Waals surface area contributed by atoms with E-state index in [4.69, 9.17) is 15.0 Å². The molecule has 0 atom stereocenters. The molecule has 0 aliphatic heterocycles. The van der Waals surface area contributed by atoms with Crippen molar-refractivity contribution < 1.29 is 9.57 Å². The van der Waals surface area contributed by atoms with Gasteiger partial charge in [0, 0.05) is 18.7 Å². The first kappa shape index (κ1) is 10.7. The molecule has 4 nitrogen and oxygen atoms in total. The molecule has 4 heteroatoms. The third-order valence-corrected chi connectivity index (χ3v) is 1.14. The maximum Gasteiger partial charge on any atom is 0.113 e. The first-order valence-electron chi connectivity index (χ1n) is 3.49. The van der Waals surface area contributed by atoms with E-state index in [1.54, 1.807) is 21.1 Å². The summed E-state index contributed by atoms with van der Waals surface area (Å²) < 4.78 is 4.74. The van der Waals surface area contributed by atoms with E-state index in [1.807, 2.05) is 0 Å². The maximum atomic E-state index is 7.43. The number of rotatable bonds is 5. The van der Waals surface area contributed by atoms with Gasteiger partial charge in [0.25, 0.3) is 0 Å². The first-order chi connectivity index (χ1) is 5.72. The topological polar surface area (TPSA) is 54.3 Å². The van der Waals surface area contributed by atoms with Gasteiger partial charge in [0.2, 0.25) is 0 Å². The van der Waals surface area contributed by atoms with Crippen LogP contribution in [-0.4, -0.2) is 19.9 Å². The van der Waals surface area contributed by atoms with E-state index in [1.165, 1.54) is 18.6 Å². The van der Waals surface area contributed by atoms with E-state index in [0.717, 1.165) is 5.57 Å². The zero-order chi connectivity index (χ0) is 9.40. The van der Waals surface area contributed by atoms with Crippen molar-refractivity contribution in [3.05, 3.63) is 24.2 Å². The van der Waals surface area contributed by atoms with Crippen molar-refractivity contribution in [3.8, 4) is 0 Å². The highest BCUT2D eigenvalue weighted by Gasteiger charge is 1.93. The van der Waals surface area contributed by atoms with Gasteiger partial charge in [0.15, 0.2) is 0 Å². The van der Waals surface area contributed by atoms with Crippen LogP contribution < -0.4 is 5.48 Å². The molecule has 0 rings (SSSR count). The van der Waals surface area contributed by atoms with E-state index in [9.17, 15) is 0 Å². The lowest BCUT2D eigenvalue weighted by molar-refractivity contribution is 0.159. The van der Waals surface area contributed by atoms with Crippen LogP contribution in [-0.2, 0) is 9.57 Å². The highest BCUT2D eigenvalue weighted by Crippen LogP contribution is 1.96. The van der Waals surface area contributed by atoms with Crippen molar-refractivity contribution in [1.82, 2.24) is 5.48 Å². The van der Waals surface area contributed by atoms with Crippen LogP contribution in [0.4, 0.5) is 0 Å². The molecule has 0 saturated heterocycles. The lowest BCUT2D eigenvalue weighted by Gasteiger charge is -1.97. The van der Waals surface area contributed by atoms with Crippen molar-refractivity contribution in [2.75, 3.05) is 14.2 Å². The molecule has 0 saturated carbocycles. The summed E-state index contributed by atoms with van der Waals surface area (Å²) in [6.45, 7) is 1.79. The lowest BCUT2D eigenvalue weighted by Crippen LogP contribution is -2.02. The molecule has 0 aliphatic carbocycles. The standard InChI is InChI=1S/C8H14N2O2/c1-7(6-11-3)8(9)4-5-12-10-2/h4-6,9-10H,1-3H3/b5-4+,7-6+,9-8?. The minimum Gasteiger partial charge on any atom is -0.504 e. The monoisotopic (exact) mass is 170 g/mol. The molecule has 0 heterocycles. The Hall–Kier alpha value is -1.29. The van der Waals surface area contributed by atoms with Crippen LogP contribution in [0, 0.1) is 5.41 Å². The summed E-state index contributed by atoms with van der Waals surface area (Å²) in [5.41, 5.74) is 3.56. The van der Waals surface area contributed by atoms with Crippen molar-refractivity contribution >= 4 is 5.71 Å². The maximum absolute atomic E-state index is 7.43. The van der Waals surface area contributed by atoms with E-state index in [-0.39, 0.29) is 0 Å². The molecule has 0 aromatic rings. The molecule has 0 amide bonds. The van der Waals surface area contributed by atoms with Gasteiger partial charge in [-0.2, -0.15) is 5.48 Å². The molecule has 0 radical (unpaired) electrons. The number of nitrogens with one attached hydrogen (secondary N) is 2. The summed E-state index contributed by atoms with van der Waals surface area (Å²) in [6, 6.07) is 0. The number of hydroxylamine groups is 1. The number of hydrogen-bond donors (Lipinski definition) is 2. The molecule has 2 N–H and O–H groups in total. The molecule has 12 heavy (non-hydrogen) atoms. The summed E-state index contributed by atoms with van der Waals surface area (Å²) in [5.74, 6) is 0. The van der Waals surface area contributed by atoms with Gasteiger partial charge in [-0.15, -0.1) is 0 Å². The Morgan fingerprint density at radius 2 is 2.17 bits per heavy atom. The average Bonchev–Trinajstić information content (AvgIpc) is 2.05. The van der Waals surface area contributed by atoms with Gasteiger partial charge < -0.3 is 15.0 Å². The predicted octanol–water partition coefficient (Wildman–Crippen LogP) is 1.22. The Balaban J connectivity index is 3.95. The first-order valence-corrected chi connectivity index (χ1v) is 3.49. The van der Waals surface area contributed by atoms with Crippen molar-refractivity contribution in [3.63, 3.8) is 0 Å². The summed E-state index contributed by atoms with van der Waals surface area (Å²) >= 11 is 0. The molecular formula is C8H14N2O2. The summed E-state index contributed by atoms with van der Waals surface area (Å²) in [6.07, 6.45) is 4.43. The Morgan fingerprint density at radius 1 is 1.50 bits per heavy atom. The van der Waals surface area contributed by atoms with Crippen LogP contribution in [0.2, 0.25) is 0 Å². The molecule has 0 bridgehead atoms. The van der Waals surface area contributed by atoms with Gasteiger partial charge in [-0.05, 0) is 6.92 Å². The van der Waals surface area contributed by atoms with E-state index in [0.29, 0.717) is 5.71 Å². The highest BCUT2D eigenvalue weighted by atomic mass is 16.6. The quantitative estimate of drug-likeness (QED) is 0.370. The molecule has 0 unspecified atom stereocenters. The van der Waals surface area contributed by atoms with Crippen LogP contribution in [0.15, 0.2) is 24.2 Å². The van der Waals surface area contributed by atoms with Crippen LogP contribution >= 0.6 is 0 Å². The molecule has 0 aromatic heterocycles. The van der Waals surface area contributed by atoms with Crippen LogP contribution in [0.1, 0.15) is 6.92 Å². The third-order valence-electron chi connectivity index (χ3n) is 1.14. The van der Waals surface area contributed by atoms with Gasteiger partial charge in [-0.25, -0.2) is 0 Å². The van der Waals surface area contributed by atoms with E-state index >= 15 is 0 Å². The number of allylic oxidation sites excluding steroid dienone is 2. The summed E-state index contributed by atoms with van der Waals surface area (Å²) in [7, 11) is 3.19. The summed E-state index contributed by atoms with van der Waals surface area (Å²) in [5, 5.41) is 7.43. The lowest BCUT2D eigenvalue weighted by atomic mass is 10.2. The molecular weight excluding hydrogens is 156 g/mol. The van der Waals surface area contributed by atoms with Crippen LogP contribution in [0.25, 0.3) is 0 Å². The van der Waals surface area contributed by atoms with Crippen LogP contribution in [0.5, 0.6) is 0 Å². The number of methoxy groups -OCH3 is 1. The summed E-state index contributed by atoms with van der Waals surface area (Å²) in [4.78, 5) is 4.69. The molecule has 68 valence electrons. The van der Waals surface area contributed by atoms with Crippen molar-refractivity contribution in [2.45, 2.75) is 6.92 Å². The normalized spacial score (nSPS) is 11.8. The van der Waals surface area contributed by atoms with Gasteiger partial charge in [0.1, 0.15) is 6.26 Å².